The predicted molar refractivity (Wildman–Crippen MR) is 146 cm³/mol. The van der Waals surface area contributed by atoms with Gasteiger partial charge in [0.2, 0.25) is 0 Å². The number of nitrogens with one attached hydrogen (secondary N) is 1. The molecule has 0 amide bonds. The fraction of sp³-hybridized carbons (Fsp3) is 0.774. The number of rotatable bonds is 8. The van der Waals surface area contributed by atoms with Crippen LogP contribution in [-0.2, 0) is 21.4 Å². The van der Waals surface area contributed by atoms with Crippen molar-refractivity contribution in [2.45, 2.75) is 115 Å². The van der Waals surface area contributed by atoms with Crippen LogP contribution in [0.1, 0.15) is 84.3 Å². The van der Waals surface area contributed by atoms with Crippen LogP contribution in [0.2, 0.25) is 0 Å². The van der Waals surface area contributed by atoms with Crippen molar-refractivity contribution in [2.24, 2.45) is 17.8 Å². The van der Waals surface area contributed by atoms with E-state index in [0.29, 0.717) is 30.0 Å². The Hall–Kier alpha value is -1.99. The lowest BCUT2D eigenvalue weighted by Gasteiger charge is -2.60. The number of phenolic OH excluding ortho intramolecular Hbond substituents is 1. The summed E-state index contributed by atoms with van der Waals surface area (Å²) in [5, 5.41) is 14.8. The number of piperidine rings is 1. The van der Waals surface area contributed by atoms with Gasteiger partial charge in [-0.2, -0.15) is 0 Å². The smallest absolute Gasteiger partial charge is 0.323 e. The van der Waals surface area contributed by atoms with Gasteiger partial charge in [-0.25, -0.2) is 0 Å². The van der Waals surface area contributed by atoms with E-state index in [-0.39, 0.29) is 29.3 Å². The van der Waals surface area contributed by atoms with Gasteiger partial charge in [0.1, 0.15) is 23.5 Å². The van der Waals surface area contributed by atoms with Crippen molar-refractivity contribution >= 4 is 5.97 Å². The van der Waals surface area contributed by atoms with Crippen LogP contribution in [0.15, 0.2) is 6.07 Å². The number of benzene rings is 1. The lowest BCUT2D eigenvalue weighted by atomic mass is 9.51. The van der Waals surface area contributed by atoms with Crippen molar-refractivity contribution in [3.63, 3.8) is 0 Å². The summed E-state index contributed by atoms with van der Waals surface area (Å²) >= 11 is 0. The van der Waals surface area contributed by atoms with E-state index in [2.05, 4.69) is 24.1 Å². The van der Waals surface area contributed by atoms with Gasteiger partial charge in [0.15, 0.2) is 11.5 Å². The summed E-state index contributed by atoms with van der Waals surface area (Å²) in [7, 11) is 1.70. The van der Waals surface area contributed by atoms with Gasteiger partial charge >= 0.3 is 5.97 Å². The van der Waals surface area contributed by atoms with Gasteiger partial charge in [-0.15, -0.1) is 0 Å². The zero-order valence-electron chi connectivity index (χ0n) is 24.0. The number of hydrogen-bond acceptors (Lipinski definition) is 7. The molecule has 38 heavy (non-hydrogen) atoms. The van der Waals surface area contributed by atoms with E-state index < -0.39 is 11.6 Å². The standard InChI is InChI=1S/C31H46N2O5/c1-17(2)13-22(29(35)38-30(3,4)5)32-21-10-9-20-23-14-19-25(36-6)15-24(34)27-26(19)31(20,28(21)37-27)11-12-33(23)16-18-7-8-18/h15,17-18,20-23,28,32,34H,7-14,16H2,1-6H3/t20-,21-,22-,23+,28-,31-/m0/s1. The Kier molecular flexibility index (Phi) is 6.42. The first-order valence-corrected chi connectivity index (χ1v) is 14.8. The highest BCUT2D eigenvalue weighted by molar-refractivity contribution is 5.76. The molecule has 210 valence electrons. The minimum absolute atomic E-state index is 0.00175. The lowest BCUT2D eigenvalue weighted by Crippen LogP contribution is -2.69. The maximum Gasteiger partial charge on any atom is 0.323 e. The van der Waals surface area contributed by atoms with Crippen molar-refractivity contribution in [3.05, 3.63) is 17.2 Å². The Morgan fingerprint density at radius 2 is 2.03 bits per heavy atom. The van der Waals surface area contributed by atoms with E-state index in [1.807, 2.05) is 20.8 Å². The highest BCUT2D eigenvalue weighted by Crippen LogP contribution is 2.65. The molecule has 1 spiro atoms. The molecule has 2 N–H and O–H groups in total. The number of methoxy groups -OCH3 is 1. The van der Waals surface area contributed by atoms with Gasteiger partial charge in [0.25, 0.3) is 0 Å². The molecule has 6 rings (SSSR count). The normalized spacial score (nSPS) is 32.5. The van der Waals surface area contributed by atoms with Gasteiger partial charge in [-0.05, 0) is 90.0 Å². The molecule has 7 heteroatoms. The minimum Gasteiger partial charge on any atom is -0.504 e. The molecule has 0 unspecified atom stereocenters. The van der Waals surface area contributed by atoms with E-state index in [4.69, 9.17) is 14.2 Å². The number of esters is 1. The quantitative estimate of drug-likeness (QED) is 0.481. The Morgan fingerprint density at radius 3 is 2.68 bits per heavy atom. The number of aromatic hydroxyl groups is 1. The van der Waals surface area contributed by atoms with Crippen LogP contribution >= 0.6 is 0 Å². The first-order valence-electron chi connectivity index (χ1n) is 14.8. The predicted octanol–water partition coefficient (Wildman–Crippen LogP) is 4.56. The molecule has 2 aliphatic heterocycles. The van der Waals surface area contributed by atoms with Crippen LogP contribution in [-0.4, -0.2) is 66.0 Å². The van der Waals surface area contributed by atoms with Gasteiger partial charge < -0.3 is 19.3 Å². The lowest BCUT2D eigenvalue weighted by molar-refractivity contribution is -0.159. The summed E-state index contributed by atoms with van der Waals surface area (Å²) < 4.78 is 18.5. The molecule has 2 saturated carbocycles. The Bertz CT molecular complexity index is 1090. The Balaban J connectivity index is 1.37. The van der Waals surface area contributed by atoms with E-state index in [9.17, 15) is 9.90 Å². The van der Waals surface area contributed by atoms with E-state index in [1.54, 1.807) is 13.2 Å². The fourth-order valence-electron chi connectivity index (χ4n) is 8.22. The summed E-state index contributed by atoms with van der Waals surface area (Å²) in [6.45, 7) is 12.3. The second kappa shape index (κ2) is 9.29. The Labute approximate surface area is 227 Å². The highest BCUT2D eigenvalue weighted by atomic mass is 16.6. The molecule has 0 aromatic heterocycles. The van der Waals surface area contributed by atoms with Gasteiger partial charge in [0.05, 0.1) is 7.11 Å². The van der Waals surface area contributed by atoms with Crippen LogP contribution in [0.5, 0.6) is 17.2 Å². The monoisotopic (exact) mass is 526 g/mol. The SMILES string of the molecule is COc1cc(O)c2c3c1C[C@@H]1[C@@H]4CC[C@H](N[C@@H](CC(C)C)C(=O)OC(C)(C)C)[C@H](O2)[C@]34CCN1CC1CC1. The van der Waals surface area contributed by atoms with Gasteiger partial charge in [-0.1, -0.05) is 13.8 Å². The molecular weight excluding hydrogens is 480 g/mol. The molecule has 2 bridgehead atoms. The van der Waals surface area contributed by atoms with Crippen LogP contribution in [0, 0.1) is 17.8 Å². The molecule has 7 nitrogen and oxygen atoms in total. The zero-order chi connectivity index (χ0) is 27.0. The third-order valence-electron chi connectivity index (χ3n) is 9.74. The molecule has 1 aromatic carbocycles. The number of hydrogen-bond donors (Lipinski definition) is 2. The van der Waals surface area contributed by atoms with Crippen LogP contribution in [0.4, 0.5) is 0 Å². The van der Waals surface area contributed by atoms with Crippen LogP contribution in [0.25, 0.3) is 0 Å². The maximum atomic E-state index is 13.3. The van der Waals surface area contributed by atoms with Gasteiger partial charge in [-0.3, -0.25) is 15.0 Å². The van der Waals surface area contributed by atoms with Crippen molar-refractivity contribution in [1.82, 2.24) is 10.2 Å². The van der Waals surface area contributed by atoms with E-state index in [0.717, 1.165) is 43.9 Å². The van der Waals surface area contributed by atoms with Crippen LogP contribution in [0.3, 0.4) is 0 Å². The van der Waals surface area contributed by atoms with Crippen molar-refractivity contribution in [1.29, 1.82) is 0 Å². The molecular formula is C31H46N2O5. The first kappa shape index (κ1) is 26.2. The van der Waals surface area contributed by atoms with Crippen LogP contribution < -0.4 is 14.8 Å². The minimum atomic E-state index is -0.535. The fourth-order valence-corrected chi connectivity index (χ4v) is 8.22. The third kappa shape index (κ3) is 4.28. The van der Waals surface area contributed by atoms with Crippen molar-refractivity contribution in [3.8, 4) is 17.2 Å². The van der Waals surface area contributed by atoms with Crippen molar-refractivity contribution in [2.75, 3.05) is 20.2 Å². The third-order valence-corrected chi connectivity index (χ3v) is 9.74. The molecule has 5 aliphatic rings. The first-order chi connectivity index (χ1) is 18.0. The number of phenols is 1. The molecule has 3 aliphatic carbocycles. The number of carbonyl (C=O) groups is 1. The molecule has 1 aromatic rings. The molecule has 3 fully saturated rings. The largest absolute Gasteiger partial charge is 0.504 e. The second-order valence-corrected chi connectivity index (χ2v) is 14.0. The topological polar surface area (TPSA) is 80.3 Å². The maximum absolute atomic E-state index is 13.3. The highest BCUT2D eigenvalue weighted by Gasteiger charge is 2.66. The van der Waals surface area contributed by atoms with Crippen molar-refractivity contribution < 1.29 is 24.1 Å². The summed E-state index contributed by atoms with van der Waals surface area (Å²) in [4.78, 5) is 16.1. The number of nitrogens with zero attached hydrogens (tertiary/aromatic N) is 1. The van der Waals surface area contributed by atoms with Gasteiger partial charge in [0, 0.05) is 41.2 Å². The molecule has 1 saturated heterocycles. The summed E-state index contributed by atoms with van der Waals surface area (Å²) in [6.07, 6.45) is 7.30. The zero-order valence-corrected chi connectivity index (χ0v) is 24.0. The number of carbonyl (C=O) groups excluding carboxylic acids is 1. The molecule has 2 heterocycles. The molecule has 0 radical (unpaired) electrons. The summed E-state index contributed by atoms with van der Waals surface area (Å²) in [6, 6.07) is 1.82. The number of ether oxygens (including phenoxy) is 3. The second-order valence-electron chi connectivity index (χ2n) is 14.0. The molecule has 6 atom stereocenters. The summed E-state index contributed by atoms with van der Waals surface area (Å²) in [5.74, 6) is 3.09. The average molecular weight is 527 g/mol. The van der Waals surface area contributed by atoms with E-state index in [1.165, 1.54) is 30.5 Å². The van der Waals surface area contributed by atoms with E-state index >= 15 is 0 Å². The average Bonchev–Trinajstić information content (AvgIpc) is 3.58. The summed E-state index contributed by atoms with van der Waals surface area (Å²) in [5.41, 5.74) is 1.70. The number of likely N-dealkylation sites (tertiary alicyclic amines) is 1. The Morgan fingerprint density at radius 1 is 1.26 bits per heavy atom.